The number of rotatable bonds is 2. The van der Waals surface area contributed by atoms with Crippen molar-refractivity contribution in [2.45, 2.75) is 26.2 Å². The Labute approximate surface area is 80.2 Å². The van der Waals surface area contributed by atoms with Gasteiger partial charge >= 0.3 is 0 Å². The molecule has 0 bridgehead atoms. The fourth-order valence-corrected chi connectivity index (χ4v) is 2.13. The van der Waals surface area contributed by atoms with Crippen LogP contribution in [0, 0.1) is 13.8 Å². The van der Waals surface area contributed by atoms with Crippen LogP contribution in [0.25, 0.3) is 0 Å². The Hall–Kier alpha value is -0.820. The normalized spacial score (nSPS) is 19.5. The largest absolute Gasteiger partial charge is 0.319 e. The zero-order valence-electron chi connectivity index (χ0n) is 8.65. The predicted molar refractivity (Wildman–Crippen MR) is 56.3 cm³/mol. The van der Waals surface area contributed by atoms with Crippen molar-refractivity contribution in [3.8, 4) is 0 Å². The van der Waals surface area contributed by atoms with Gasteiger partial charge in [-0.1, -0.05) is 12.1 Å². The highest BCUT2D eigenvalue weighted by atomic mass is 14.8. The first-order valence-electron chi connectivity index (χ1n) is 4.97. The second-order valence-corrected chi connectivity index (χ2v) is 4.09. The minimum Gasteiger partial charge on any atom is -0.319 e. The molecular formula is C12H17N. The van der Waals surface area contributed by atoms with Crippen molar-refractivity contribution in [1.29, 1.82) is 0 Å². The SMILES string of the molecule is CNC[C@H]1Cc2cc(C)c(C)cc21. The maximum absolute atomic E-state index is 3.24. The van der Waals surface area contributed by atoms with E-state index in [1.165, 1.54) is 17.5 Å². The minimum absolute atomic E-state index is 0.763. The molecule has 0 unspecified atom stereocenters. The molecule has 0 saturated heterocycles. The molecule has 1 aliphatic carbocycles. The lowest BCUT2D eigenvalue weighted by Gasteiger charge is -2.31. The second kappa shape index (κ2) is 3.15. The Kier molecular flexibility index (Phi) is 2.12. The molecule has 1 aromatic carbocycles. The van der Waals surface area contributed by atoms with Crippen LogP contribution >= 0.6 is 0 Å². The summed E-state index contributed by atoms with van der Waals surface area (Å²) in [7, 11) is 2.03. The Balaban J connectivity index is 2.27. The van der Waals surface area contributed by atoms with E-state index in [2.05, 4.69) is 31.3 Å². The van der Waals surface area contributed by atoms with E-state index in [4.69, 9.17) is 0 Å². The van der Waals surface area contributed by atoms with E-state index in [0.717, 1.165) is 12.5 Å². The molecule has 1 heteroatoms. The maximum Gasteiger partial charge on any atom is 0.00204 e. The Morgan fingerprint density at radius 3 is 2.69 bits per heavy atom. The molecule has 0 fully saturated rings. The van der Waals surface area contributed by atoms with Crippen LogP contribution < -0.4 is 5.32 Å². The molecule has 0 spiro atoms. The van der Waals surface area contributed by atoms with Crippen LogP contribution in [0.2, 0.25) is 0 Å². The molecular weight excluding hydrogens is 158 g/mol. The molecule has 0 aromatic heterocycles. The molecule has 0 heterocycles. The van der Waals surface area contributed by atoms with E-state index >= 15 is 0 Å². The number of fused-ring (bicyclic) bond motifs is 1. The van der Waals surface area contributed by atoms with E-state index in [1.54, 1.807) is 11.1 Å². The number of benzene rings is 1. The summed E-state index contributed by atoms with van der Waals surface area (Å²) in [5, 5.41) is 3.24. The summed E-state index contributed by atoms with van der Waals surface area (Å²) in [4.78, 5) is 0. The van der Waals surface area contributed by atoms with Gasteiger partial charge in [-0.25, -0.2) is 0 Å². The minimum atomic E-state index is 0.763. The van der Waals surface area contributed by atoms with Crippen molar-refractivity contribution in [1.82, 2.24) is 5.32 Å². The van der Waals surface area contributed by atoms with Gasteiger partial charge in [-0.05, 0) is 49.6 Å². The quantitative estimate of drug-likeness (QED) is 0.726. The lowest BCUT2D eigenvalue weighted by Crippen LogP contribution is -2.27. The van der Waals surface area contributed by atoms with Gasteiger partial charge < -0.3 is 5.32 Å². The van der Waals surface area contributed by atoms with Crippen molar-refractivity contribution in [2.75, 3.05) is 13.6 Å². The molecule has 1 nitrogen and oxygen atoms in total. The van der Waals surface area contributed by atoms with E-state index in [9.17, 15) is 0 Å². The highest BCUT2D eigenvalue weighted by Crippen LogP contribution is 2.36. The molecule has 2 rings (SSSR count). The fraction of sp³-hybridized carbons (Fsp3) is 0.500. The highest BCUT2D eigenvalue weighted by Gasteiger charge is 2.25. The topological polar surface area (TPSA) is 12.0 Å². The van der Waals surface area contributed by atoms with Crippen molar-refractivity contribution in [3.05, 3.63) is 34.4 Å². The maximum atomic E-state index is 3.24. The van der Waals surface area contributed by atoms with Crippen LogP contribution in [0.4, 0.5) is 0 Å². The predicted octanol–water partition coefficient (Wildman–Crippen LogP) is 2.16. The second-order valence-electron chi connectivity index (χ2n) is 4.09. The number of likely N-dealkylation sites (N-methyl/N-ethyl adjacent to an activating group) is 1. The first-order valence-corrected chi connectivity index (χ1v) is 4.97. The van der Waals surface area contributed by atoms with Gasteiger partial charge in [-0.3, -0.25) is 0 Å². The molecule has 70 valence electrons. The summed E-state index contributed by atoms with van der Waals surface area (Å²) in [5.41, 5.74) is 5.99. The summed E-state index contributed by atoms with van der Waals surface area (Å²) >= 11 is 0. The summed E-state index contributed by atoms with van der Waals surface area (Å²) < 4.78 is 0. The van der Waals surface area contributed by atoms with Gasteiger partial charge in [0.15, 0.2) is 0 Å². The molecule has 0 aliphatic heterocycles. The highest BCUT2D eigenvalue weighted by molar-refractivity contribution is 5.46. The third-order valence-electron chi connectivity index (χ3n) is 3.11. The molecule has 0 amide bonds. The molecule has 0 saturated carbocycles. The van der Waals surface area contributed by atoms with Crippen LogP contribution in [-0.2, 0) is 6.42 Å². The molecule has 13 heavy (non-hydrogen) atoms. The Morgan fingerprint density at radius 2 is 2.00 bits per heavy atom. The van der Waals surface area contributed by atoms with Crippen molar-refractivity contribution in [2.24, 2.45) is 0 Å². The first-order chi connectivity index (χ1) is 6.22. The summed E-state index contributed by atoms with van der Waals surface area (Å²) in [5.74, 6) is 0.763. The Bertz CT molecular complexity index is 328. The standard InChI is InChI=1S/C12H17N/c1-8-4-10-6-11(7-13-3)12(10)5-9(8)2/h4-5,11,13H,6-7H2,1-3H3/t11-/m1/s1. The third kappa shape index (κ3) is 1.37. The van der Waals surface area contributed by atoms with Gasteiger partial charge in [0, 0.05) is 12.5 Å². The molecule has 1 aromatic rings. The van der Waals surface area contributed by atoms with Crippen molar-refractivity contribution in [3.63, 3.8) is 0 Å². The average molecular weight is 175 g/mol. The van der Waals surface area contributed by atoms with Gasteiger partial charge in [0.05, 0.1) is 0 Å². The van der Waals surface area contributed by atoms with Gasteiger partial charge in [0.25, 0.3) is 0 Å². The van der Waals surface area contributed by atoms with Crippen LogP contribution in [-0.4, -0.2) is 13.6 Å². The van der Waals surface area contributed by atoms with E-state index < -0.39 is 0 Å². The number of aryl methyl sites for hydroxylation is 2. The van der Waals surface area contributed by atoms with Gasteiger partial charge in [-0.2, -0.15) is 0 Å². The third-order valence-corrected chi connectivity index (χ3v) is 3.11. The first kappa shape index (κ1) is 8.76. The molecule has 1 aliphatic rings. The molecule has 0 radical (unpaired) electrons. The van der Waals surface area contributed by atoms with Crippen molar-refractivity contribution < 1.29 is 0 Å². The van der Waals surface area contributed by atoms with E-state index in [-0.39, 0.29) is 0 Å². The van der Waals surface area contributed by atoms with Crippen LogP contribution in [0.1, 0.15) is 28.2 Å². The monoisotopic (exact) mass is 175 g/mol. The smallest absolute Gasteiger partial charge is 0.00204 e. The van der Waals surface area contributed by atoms with Gasteiger partial charge in [-0.15, -0.1) is 0 Å². The van der Waals surface area contributed by atoms with Gasteiger partial charge in [0.2, 0.25) is 0 Å². The lowest BCUT2D eigenvalue weighted by atomic mass is 9.76. The van der Waals surface area contributed by atoms with E-state index in [0.29, 0.717) is 0 Å². The molecule has 1 atom stereocenters. The zero-order valence-corrected chi connectivity index (χ0v) is 8.65. The number of hydrogen-bond donors (Lipinski definition) is 1. The number of hydrogen-bond acceptors (Lipinski definition) is 1. The van der Waals surface area contributed by atoms with Gasteiger partial charge in [0.1, 0.15) is 0 Å². The van der Waals surface area contributed by atoms with Crippen molar-refractivity contribution >= 4 is 0 Å². The fourth-order valence-electron chi connectivity index (χ4n) is 2.13. The summed E-state index contributed by atoms with van der Waals surface area (Å²) in [6.45, 7) is 5.51. The van der Waals surface area contributed by atoms with E-state index in [1.807, 2.05) is 7.05 Å². The summed E-state index contributed by atoms with van der Waals surface area (Å²) in [6, 6.07) is 4.70. The average Bonchev–Trinajstić information content (AvgIpc) is 2.10. The van der Waals surface area contributed by atoms with Crippen LogP contribution in [0.5, 0.6) is 0 Å². The number of nitrogens with one attached hydrogen (secondary N) is 1. The lowest BCUT2D eigenvalue weighted by molar-refractivity contribution is 0.567. The summed E-state index contributed by atoms with van der Waals surface area (Å²) in [6.07, 6.45) is 1.26. The zero-order chi connectivity index (χ0) is 9.42. The van der Waals surface area contributed by atoms with Crippen LogP contribution in [0.3, 0.4) is 0 Å². The molecule has 1 N–H and O–H groups in total. The Morgan fingerprint density at radius 1 is 1.31 bits per heavy atom. The van der Waals surface area contributed by atoms with Crippen LogP contribution in [0.15, 0.2) is 12.1 Å².